The number of carbonyl (C=O) groups is 2. The zero-order valence-corrected chi connectivity index (χ0v) is 20.1. The normalized spacial score (nSPS) is 20.7. The maximum Gasteiger partial charge on any atom is 0.344 e. The molecule has 0 atom stereocenters. The van der Waals surface area contributed by atoms with Gasteiger partial charge in [-0.2, -0.15) is 9.78 Å². The summed E-state index contributed by atoms with van der Waals surface area (Å²) in [7, 11) is 0. The Labute approximate surface area is 200 Å². The number of aromatic nitrogens is 2. The molecule has 0 N–H and O–H groups in total. The van der Waals surface area contributed by atoms with Gasteiger partial charge < -0.3 is 9.80 Å². The third-order valence-electron chi connectivity index (χ3n) is 7.62. The van der Waals surface area contributed by atoms with Gasteiger partial charge in [0.1, 0.15) is 5.69 Å². The Kier molecular flexibility index (Phi) is 6.18. The van der Waals surface area contributed by atoms with E-state index < -0.39 is 0 Å². The van der Waals surface area contributed by atoms with E-state index in [-0.39, 0.29) is 17.2 Å². The smallest absolute Gasteiger partial charge is 0.344 e. The van der Waals surface area contributed by atoms with Crippen molar-refractivity contribution in [1.29, 1.82) is 0 Å². The van der Waals surface area contributed by atoms with Crippen LogP contribution < -0.4 is 4.90 Å². The molecule has 5 rings (SSSR count). The molecule has 1 aromatic carbocycles. The average Bonchev–Trinajstić information content (AvgIpc) is 3.56. The minimum absolute atomic E-state index is 0.128. The molecule has 2 aromatic rings. The summed E-state index contributed by atoms with van der Waals surface area (Å²) in [6, 6.07) is 8.02. The molecule has 176 valence electrons. The number of likely N-dealkylation sites (tertiary alicyclic amines) is 2. The standard InChI is InChI=1S/C25H32ClN5O2/c1-19(32)22-6-12-31(27-22)24(33)30-14-8-25(9-15-30)7-13-28(18-25)17-20-4-5-23(21(26)16-20)29-10-2-3-11-29/h4-6,12,16H,2-3,7-11,13-15,17-18H2,1H3. The average molecular weight is 470 g/mol. The first-order chi connectivity index (χ1) is 15.9. The molecule has 1 amide bonds. The van der Waals surface area contributed by atoms with Crippen molar-refractivity contribution in [2.45, 2.75) is 45.6 Å². The molecule has 1 aromatic heterocycles. The number of Topliss-reactive ketones (excluding diaryl/α,β-unsaturated/α-hetero) is 1. The van der Waals surface area contributed by atoms with E-state index in [1.807, 2.05) is 4.90 Å². The van der Waals surface area contributed by atoms with Gasteiger partial charge in [-0.3, -0.25) is 9.69 Å². The van der Waals surface area contributed by atoms with Crippen molar-refractivity contribution >= 4 is 29.1 Å². The van der Waals surface area contributed by atoms with Crippen LogP contribution in [0.5, 0.6) is 0 Å². The largest absolute Gasteiger partial charge is 0.370 e. The van der Waals surface area contributed by atoms with Crippen molar-refractivity contribution in [2.75, 3.05) is 44.2 Å². The molecule has 4 heterocycles. The van der Waals surface area contributed by atoms with Crippen LogP contribution in [0.4, 0.5) is 10.5 Å². The van der Waals surface area contributed by atoms with Crippen molar-refractivity contribution in [2.24, 2.45) is 5.41 Å². The van der Waals surface area contributed by atoms with E-state index in [1.54, 1.807) is 12.3 Å². The van der Waals surface area contributed by atoms with Crippen LogP contribution in [0.2, 0.25) is 5.02 Å². The van der Waals surface area contributed by atoms with E-state index in [9.17, 15) is 9.59 Å². The first kappa shape index (κ1) is 22.4. The lowest BCUT2D eigenvalue weighted by atomic mass is 9.78. The summed E-state index contributed by atoms with van der Waals surface area (Å²) in [5.41, 5.74) is 3.05. The second kappa shape index (κ2) is 9.11. The summed E-state index contributed by atoms with van der Waals surface area (Å²) in [5.74, 6) is -0.128. The second-order valence-electron chi connectivity index (χ2n) is 9.91. The van der Waals surface area contributed by atoms with Gasteiger partial charge in [0.25, 0.3) is 0 Å². The molecule has 3 fully saturated rings. The molecule has 0 radical (unpaired) electrons. The Morgan fingerprint density at radius 1 is 1.03 bits per heavy atom. The molecule has 0 saturated carbocycles. The van der Waals surface area contributed by atoms with Gasteiger partial charge in [0.15, 0.2) is 5.78 Å². The van der Waals surface area contributed by atoms with Crippen molar-refractivity contribution < 1.29 is 9.59 Å². The van der Waals surface area contributed by atoms with E-state index in [4.69, 9.17) is 11.6 Å². The Hall–Kier alpha value is -2.38. The zero-order valence-electron chi connectivity index (χ0n) is 19.3. The Bertz CT molecular complexity index is 1040. The molecule has 7 nitrogen and oxygen atoms in total. The highest BCUT2D eigenvalue weighted by atomic mass is 35.5. The van der Waals surface area contributed by atoms with Crippen LogP contribution in [0.1, 0.15) is 55.1 Å². The van der Waals surface area contributed by atoms with Gasteiger partial charge in [0.2, 0.25) is 0 Å². The number of rotatable bonds is 4. The summed E-state index contributed by atoms with van der Waals surface area (Å²) < 4.78 is 1.30. The summed E-state index contributed by atoms with van der Waals surface area (Å²) in [4.78, 5) is 31.0. The monoisotopic (exact) mass is 469 g/mol. The van der Waals surface area contributed by atoms with E-state index in [2.05, 4.69) is 33.1 Å². The number of nitrogens with zero attached hydrogens (tertiary/aromatic N) is 5. The lowest BCUT2D eigenvalue weighted by Crippen LogP contribution is -2.45. The van der Waals surface area contributed by atoms with Crippen molar-refractivity contribution in [3.05, 3.63) is 46.7 Å². The van der Waals surface area contributed by atoms with E-state index in [0.717, 1.165) is 63.7 Å². The number of halogens is 1. The van der Waals surface area contributed by atoms with Crippen molar-refractivity contribution in [3.63, 3.8) is 0 Å². The zero-order chi connectivity index (χ0) is 23.0. The first-order valence-corrected chi connectivity index (χ1v) is 12.4. The Balaban J connectivity index is 1.15. The van der Waals surface area contributed by atoms with Gasteiger partial charge in [0, 0.05) is 52.4 Å². The fraction of sp³-hybridized carbons (Fsp3) is 0.560. The minimum atomic E-state index is -0.139. The molecule has 3 saturated heterocycles. The predicted octanol–water partition coefficient (Wildman–Crippen LogP) is 4.30. The number of amides is 1. The van der Waals surface area contributed by atoms with Crippen LogP contribution >= 0.6 is 11.6 Å². The van der Waals surface area contributed by atoms with Gasteiger partial charge in [0.05, 0.1) is 10.7 Å². The van der Waals surface area contributed by atoms with Gasteiger partial charge >= 0.3 is 6.03 Å². The summed E-state index contributed by atoms with van der Waals surface area (Å²) in [6.45, 7) is 8.21. The predicted molar refractivity (Wildman–Crippen MR) is 129 cm³/mol. The van der Waals surface area contributed by atoms with Crippen LogP contribution in [-0.2, 0) is 6.54 Å². The number of hydrogen-bond donors (Lipinski definition) is 0. The number of hydrogen-bond acceptors (Lipinski definition) is 5. The molecule has 3 aliphatic rings. The maximum atomic E-state index is 12.8. The second-order valence-corrected chi connectivity index (χ2v) is 10.3. The maximum absolute atomic E-state index is 12.8. The summed E-state index contributed by atoms with van der Waals surface area (Å²) in [6.07, 6.45) is 7.26. The third-order valence-corrected chi connectivity index (χ3v) is 7.93. The van der Waals surface area contributed by atoms with Gasteiger partial charge in [-0.05, 0) is 67.8 Å². The highest BCUT2D eigenvalue weighted by Crippen LogP contribution is 2.41. The fourth-order valence-corrected chi connectivity index (χ4v) is 5.95. The SMILES string of the molecule is CC(=O)c1ccn(C(=O)N2CCC3(CCN(Cc4ccc(N5CCCC5)c(Cl)c4)C3)CC2)n1. The highest BCUT2D eigenvalue weighted by Gasteiger charge is 2.41. The summed E-state index contributed by atoms with van der Waals surface area (Å²) >= 11 is 6.63. The van der Waals surface area contributed by atoms with E-state index >= 15 is 0 Å². The molecule has 0 unspecified atom stereocenters. The lowest BCUT2D eigenvalue weighted by Gasteiger charge is -2.39. The molecule has 8 heteroatoms. The Morgan fingerprint density at radius 3 is 2.42 bits per heavy atom. The van der Waals surface area contributed by atoms with Gasteiger partial charge in [-0.1, -0.05) is 17.7 Å². The third kappa shape index (κ3) is 4.66. The number of ketones is 1. The van der Waals surface area contributed by atoms with Crippen molar-refractivity contribution in [1.82, 2.24) is 19.6 Å². The molecular weight excluding hydrogens is 438 g/mol. The summed E-state index contributed by atoms with van der Waals surface area (Å²) in [5, 5.41) is 4.99. The molecule has 33 heavy (non-hydrogen) atoms. The number of piperidine rings is 1. The van der Waals surface area contributed by atoms with E-state index in [1.165, 1.54) is 42.1 Å². The fourth-order valence-electron chi connectivity index (χ4n) is 5.63. The number of benzene rings is 1. The van der Waals surface area contributed by atoms with Crippen LogP contribution in [0.3, 0.4) is 0 Å². The Morgan fingerprint density at radius 2 is 1.76 bits per heavy atom. The highest BCUT2D eigenvalue weighted by molar-refractivity contribution is 6.33. The van der Waals surface area contributed by atoms with Crippen LogP contribution in [0.25, 0.3) is 0 Å². The van der Waals surface area contributed by atoms with Crippen LogP contribution in [0.15, 0.2) is 30.5 Å². The van der Waals surface area contributed by atoms with Crippen LogP contribution in [-0.4, -0.2) is 70.7 Å². The number of carbonyl (C=O) groups excluding carboxylic acids is 2. The molecule has 1 spiro atoms. The van der Waals surface area contributed by atoms with Crippen LogP contribution in [0, 0.1) is 5.41 Å². The van der Waals surface area contributed by atoms with Gasteiger partial charge in [-0.15, -0.1) is 0 Å². The molecular formula is C25H32ClN5O2. The van der Waals surface area contributed by atoms with Crippen molar-refractivity contribution in [3.8, 4) is 0 Å². The molecule has 0 aliphatic carbocycles. The minimum Gasteiger partial charge on any atom is -0.370 e. The van der Waals surface area contributed by atoms with E-state index in [0.29, 0.717) is 5.69 Å². The quantitative estimate of drug-likeness (QED) is 0.625. The molecule has 0 bridgehead atoms. The van der Waals surface area contributed by atoms with Gasteiger partial charge in [-0.25, -0.2) is 4.79 Å². The number of anilines is 1. The molecule has 3 aliphatic heterocycles. The lowest BCUT2D eigenvalue weighted by molar-refractivity contribution is 0.101. The topological polar surface area (TPSA) is 61.7 Å². The first-order valence-electron chi connectivity index (χ1n) is 12.0.